The van der Waals surface area contributed by atoms with Crippen LogP contribution in [0.1, 0.15) is 66.6 Å². The minimum Gasteiger partial charge on any atom is -0.461 e. The number of nitrogens with zero attached hydrogens (tertiary/aromatic N) is 1. The third kappa shape index (κ3) is 6.49. The van der Waals surface area contributed by atoms with Crippen LogP contribution in [0.3, 0.4) is 0 Å². The van der Waals surface area contributed by atoms with Gasteiger partial charge in [-0.25, -0.2) is 9.78 Å². The molecule has 2 aromatic carbocycles. The smallest absolute Gasteiger partial charge is 0.416 e. The van der Waals surface area contributed by atoms with Crippen LogP contribution in [0, 0.1) is 0 Å². The summed E-state index contributed by atoms with van der Waals surface area (Å²) in [6, 6.07) is 13.8. The number of aromatic nitrogens is 1. The first kappa shape index (κ1) is 25.8. The maximum absolute atomic E-state index is 13.7. The summed E-state index contributed by atoms with van der Waals surface area (Å²) in [6.07, 6.45) is 1.31. The third-order valence-electron chi connectivity index (χ3n) is 6.12. The number of hydrogen-bond donors (Lipinski definition) is 2. The second kappa shape index (κ2) is 11.2. The van der Waals surface area contributed by atoms with Crippen molar-refractivity contribution in [1.29, 1.82) is 0 Å². The topological polar surface area (TPSA) is 63.2 Å². The van der Waals surface area contributed by atoms with Crippen molar-refractivity contribution in [1.82, 2.24) is 4.98 Å². The Morgan fingerprint density at radius 2 is 1.75 bits per heavy atom. The molecule has 2 N–H and O–H groups in total. The van der Waals surface area contributed by atoms with Crippen molar-refractivity contribution in [3.63, 3.8) is 0 Å². The molecule has 1 aromatic heterocycles. The maximum atomic E-state index is 13.7. The molecule has 0 radical (unpaired) electrons. The van der Waals surface area contributed by atoms with Crippen molar-refractivity contribution in [3.05, 3.63) is 76.4 Å². The molecule has 0 saturated heterocycles. The summed E-state index contributed by atoms with van der Waals surface area (Å²) in [5.41, 5.74) is 1.24. The van der Waals surface area contributed by atoms with Gasteiger partial charge in [0.2, 0.25) is 0 Å². The van der Waals surface area contributed by atoms with E-state index in [9.17, 15) is 18.0 Å². The highest BCUT2D eigenvalue weighted by Gasteiger charge is 2.31. The molecule has 9 heteroatoms. The lowest BCUT2D eigenvalue weighted by atomic mass is 9.84. The number of nitrogens with one attached hydrogen (secondary N) is 2. The summed E-state index contributed by atoms with van der Waals surface area (Å²) in [4.78, 5) is 16.1. The van der Waals surface area contributed by atoms with Crippen LogP contribution < -0.4 is 10.6 Å². The van der Waals surface area contributed by atoms with Gasteiger partial charge in [0, 0.05) is 11.4 Å². The van der Waals surface area contributed by atoms with E-state index in [0.29, 0.717) is 16.6 Å². The molecule has 3 aromatic rings. The standard InChI is InChI=1S/C27H27ClF3N3O2/c1-2-36-26(35)24-9-6-10-25(34-24)33-21-15-19(27(29,30)31)14-20(16-21)32-23-12-11-18(13-22(23)28)17-7-4-3-5-8-17/h6,9-17,32H,2-5,7-8H2,1H3,(H,33,34). The van der Waals surface area contributed by atoms with Crippen molar-refractivity contribution in [2.75, 3.05) is 17.2 Å². The highest BCUT2D eigenvalue weighted by Crippen LogP contribution is 2.38. The molecule has 1 aliphatic rings. The van der Waals surface area contributed by atoms with Gasteiger partial charge >= 0.3 is 12.1 Å². The summed E-state index contributed by atoms with van der Waals surface area (Å²) in [6.45, 7) is 1.86. The molecular weight excluding hydrogens is 491 g/mol. The fraction of sp³-hybridized carbons (Fsp3) is 0.333. The zero-order valence-corrected chi connectivity index (χ0v) is 20.5. The number of carbonyl (C=O) groups is 1. The molecule has 0 bridgehead atoms. The first-order chi connectivity index (χ1) is 17.2. The molecule has 1 aliphatic carbocycles. The van der Waals surface area contributed by atoms with Gasteiger partial charge in [-0.1, -0.05) is 43.0 Å². The van der Waals surface area contributed by atoms with Gasteiger partial charge in [0.05, 0.1) is 22.9 Å². The average molecular weight is 518 g/mol. The van der Waals surface area contributed by atoms with Crippen LogP contribution in [0.5, 0.6) is 0 Å². The number of anilines is 4. The van der Waals surface area contributed by atoms with E-state index in [1.807, 2.05) is 18.2 Å². The number of carbonyl (C=O) groups excluding carboxylic acids is 1. The van der Waals surface area contributed by atoms with E-state index >= 15 is 0 Å². The second-order valence-corrected chi connectivity index (χ2v) is 9.16. The lowest BCUT2D eigenvalue weighted by molar-refractivity contribution is -0.137. The number of pyridine rings is 1. The van der Waals surface area contributed by atoms with Crippen LogP contribution in [-0.2, 0) is 10.9 Å². The van der Waals surface area contributed by atoms with Crippen molar-refractivity contribution in [3.8, 4) is 0 Å². The summed E-state index contributed by atoms with van der Waals surface area (Å²) in [5, 5.41) is 6.33. The zero-order valence-electron chi connectivity index (χ0n) is 19.8. The molecule has 1 saturated carbocycles. The number of halogens is 4. The Morgan fingerprint density at radius 1 is 1.03 bits per heavy atom. The summed E-state index contributed by atoms with van der Waals surface area (Å²) in [7, 11) is 0. The Kier molecular flexibility index (Phi) is 8.04. The SMILES string of the molecule is CCOC(=O)c1cccc(Nc2cc(Nc3ccc(C4CCCCC4)cc3Cl)cc(C(F)(F)F)c2)n1. The monoisotopic (exact) mass is 517 g/mol. The van der Waals surface area contributed by atoms with Gasteiger partial charge < -0.3 is 15.4 Å². The summed E-state index contributed by atoms with van der Waals surface area (Å²) >= 11 is 6.52. The number of alkyl halides is 3. The van der Waals surface area contributed by atoms with E-state index in [1.165, 1.54) is 31.4 Å². The zero-order chi connectivity index (χ0) is 25.7. The molecule has 0 aliphatic heterocycles. The van der Waals surface area contributed by atoms with Crippen molar-refractivity contribution < 1.29 is 22.7 Å². The lowest BCUT2D eigenvalue weighted by Crippen LogP contribution is -2.09. The first-order valence-electron chi connectivity index (χ1n) is 11.9. The molecule has 0 unspecified atom stereocenters. The fourth-order valence-electron chi connectivity index (χ4n) is 4.38. The van der Waals surface area contributed by atoms with Gasteiger partial charge in [0.15, 0.2) is 5.69 Å². The molecule has 190 valence electrons. The molecule has 0 atom stereocenters. The van der Waals surface area contributed by atoms with Gasteiger partial charge in [-0.2, -0.15) is 13.2 Å². The van der Waals surface area contributed by atoms with E-state index in [0.717, 1.165) is 30.5 Å². The summed E-state index contributed by atoms with van der Waals surface area (Å²) < 4.78 is 45.9. The van der Waals surface area contributed by atoms with Crippen molar-refractivity contribution >= 4 is 40.5 Å². The van der Waals surface area contributed by atoms with Crippen LogP contribution in [0.25, 0.3) is 0 Å². The largest absolute Gasteiger partial charge is 0.461 e. The number of rotatable bonds is 7. The molecule has 1 fully saturated rings. The minimum absolute atomic E-state index is 0.0528. The van der Waals surface area contributed by atoms with Gasteiger partial charge in [0.25, 0.3) is 0 Å². The van der Waals surface area contributed by atoms with E-state index in [1.54, 1.807) is 19.1 Å². The van der Waals surface area contributed by atoms with Crippen molar-refractivity contribution in [2.45, 2.75) is 51.1 Å². The molecule has 5 nitrogen and oxygen atoms in total. The van der Waals surface area contributed by atoms with Gasteiger partial charge in [-0.05, 0) is 73.7 Å². The van der Waals surface area contributed by atoms with Crippen LogP contribution >= 0.6 is 11.6 Å². The molecular formula is C27H27ClF3N3O2. The van der Waals surface area contributed by atoms with Gasteiger partial charge in [0.1, 0.15) is 5.82 Å². The Balaban J connectivity index is 1.59. The highest BCUT2D eigenvalue weighted by atomic mass is 35.5. The number of esters is 1. The molecule has 4 rings (SSSR count). The second-order valence-electron chi connectivity index (χ2n) is 8.75. The maximum Gasteiger partial charge on any atom is 0.416 e. The lowest BCUT2D eigenvalue weighted by Gasteiger charge is -2.22. The predicted octanol–water partition coefficient (Wildman–Crippen LogP) is 8.47. The normalized spacial score (nSPS) is 14.4. The minimum atomic E-state index is -4.57. The third-order valence-corrected chi connectivity index (χ3v) is 6.43. The Morgan fingerprint density at radius 3 is 2.42 bits per heavy atom. The molecule has 0 spiro atoms. The Bertz CT molecular complexity index is 1230. The predicted molar refractivity (Wildman–Crippen MR) is 135 cm³/mol. The van der Waals surface area contributed by atoms with Crippen LogP contribution in [-0.4, -0.2) is 17.6 Å². The Hall–Kier alpha value is -3.26. The van der Waals surface area contributed by atoms with E-state index in [-0.39, 0.29) is 29.5 Å². The molecule has 36 heavy (non-hydrogen) atoms. The summed E-state index contributed by atoms with van der Waals surface area (Å²) in [5.74, 6) is 0.0621. The van der Waals surface area contributed by atoms with Gasteiger partial charge in [-0.15, -0.1) is 0 Å². The molecule has 1 heterocycles. The highest BCUT2D eigenvalue weighted by molar-refractivity contribution is 6.33. The van der Waals surface area contributed by atoms with Crippen LogP contribution in [0.15, 0.2) is 54.6 Å². The molecule has 0 amide bonds. The fourth-order valence-corrected chi connectivity index (χ4v) is 4.62. The quantitative estimate of drug-likeness (QED) is 0.308. The van der Waals surface area contributed by atoms with Crippen LogP contribution in [0.2, 0.25) is 5.02 Å². The van der Waals surface area contributed by atoms with Crippen molar-refractivity contribution in [2.24, 2.45) is 0 Å². The van der Waals surface area contributed by atoms with E-state index in [4.69, 9.17) is 16.3 Å². The number of hydrogen-bond acceptors (Lipinski definition) is 5. The first-order valence-corrected chi connectivity index (χ1v) is 12.3. The van der Waals surface area contributed by atoms with E-state index < -0.39 is 17.7 Å². The van der Waals surface area contributed by atoms with Crippen LogP contribution in [0.4, 0.5) is 36.1 Å². The number of benzene rings is 2. The average Bonchev–Trinajstić information content (AvgIpc) is 2.85. The number of ether oxygens (including phenoxy) is 1. The Labute approximate surface area is 213 Å². The van der Waals surface area contributed by atoms with E-state index in [2.05, 4.69) is 15.6 Å². The van der Waals surface area contributed by atoms with Gasteiger partial charge in [-0.3, -0.25) is 0 Å².